The molecule has 80 valence electrons. The van der Waals surface area contributed by atoms with Crippen molar-refractivity contribution in [2.45, 2.75) is 40.5 Å². The first kappa shape index (κ1) is 10.4. The Hall–Kier alpha value is -1.11. The van der Waals surface area contributed by atoms with Crippen molar-refractivity contribution in [2.24, 2.45) is 5.41 Å². The fourth-order valence-corrected chi connectivity index (χ4v) is 2.25. The SMILES string of the molecule is Cc1ccc2c(n1)=CCCC=2C(C)(C)C. The maximum atomic E-state index is 4.60. The van der Waals surface area contributed by atoms with Gasteiger partial charge < -0.3 is 0 Å². The normalized spacial score (nSPS) is 15.9. The fourth-order valence-electron chi connectivity index (χ4n) is 2.25. The molecule has 0 atom stereocenters. The molecule has 1 aliphatic rings. The molecule has 0 radical (unpaired) electrons. The molecule has 0 aromatic carbocycles. The van der Waals surface area contributed by atoms with Gasteiger partial charge in [-0.2, -0.15) is 0 Å². The highest BCUT2D eigenvalue weighted by Gasteiger charge is 2.19. The molecule has 2 rings (SSSR count). The molecule has 0 fully saturated rings. The van der Waals surface area contributed by atoms with Crippen molar-refractivity contribution in [3.8, 4) is 0 Å². The van der Waals surface area contributed by atoms with Crippen molar-refractivity contribution in [3.05, 3.63) is 28.4 Å². The molecule has 1 aliphatic carbocycles. The van der Waals surface area contributed by atoms with Crippen LogP contribution in [0.2, 0.25) is 0 Å². The van der Waals surface area contributed by atoms with Crippen LogP contribution in [0.25, 0.3) is 11.6 Å². The lowest BCUT2D eigenvalue weighted by Gasteiger charge is -2.25. The van der Waals surface area contributed by atoms with E-state index in [1.807, 2.05) is 0 Å². The number of pyridine rings is 1. The number of aryl methyl sites for hydroxylation is 1. The van der Waals surface area contributed by atoms with E-state index in [-0.39, 0.29) is 5.41 Å². The van der Waals surface area contributed by atoms with E-state index in [0.717, 1.165) is 12.1 Å². The minimum Gasteiger partial charge on any atom is -0.253 e. The van der Waals surface area contributed by atoms with E-state index in [1.54, 1.807) is 5.57 Å². The molecule has 0 saturated heterocycles. The number of rotatable bonds is 0. The average molecular weight is 201 g/mol. The Morgan fingerprint density at radius 3 is 2.60 bits per heavy atom. The Bertz CT molecular complexity index is 489. The summed E-state index contributed by atoms with van der Waals surface area (Å²) in [5, 5.41) is 2.55. The van der Waals surface area contributed by atoms with Crippen LogP contribution in [0.15, 0.2) is 12.1 Å². The van der Waals surface area contributed by atoms with Gasteiger partial charge in [0.1, 0.15) is 0 Å². The molecule has 1 aromatic heterocycles. The summed E-state index contributed by atoms with van der Waals surface area (Å²) in [6, 6.07) is 4.34. The van der Waals surface area contributed by atoms with Crippen LogP contribution in [0.1, 0.15) is 39.3 Å². The molecule has 0 aliphatic heterocycles. The van der Waals surface area contributed by atoms with Gasteiger partial charge in [0, 0.05) is 5.69 Å². The molecule has 0 spiro atoms. The van der Waals surface area contributed by atoms with Crippen LogP contribution in [0.3, 0.4) is 0 Å². The maximum Gasteiger partial charge on any atom is 0.0665 e. The van der Waals surface area contributed by atoms with E-state index in [9.17, 15) is 0 Å². The zero-order valence-corrected chi connectivity index (χ0v) is 10.1. The summed E-state index contributed by atoms with van der Waals surface area (Å²) in [6.45, 7) is 8.92. The number of nitrogens with zero attached hydrogens (tertiary/aromatic N) is 1. The van der Waals surface area contributed by atoms with Crippen molar-refractivity contribution in [1.82, 2.24) is 4.98 Å². The summed E-state index contributed by atoms with van der Waals surface area (Å²) >= 11 is 0. The molecule has 0 bridgehead atoms. The van der Waals surface area contributed by atoms with Crippen molar-refractivity contribution >= 4 is 11.6 Å². The zero-order valence-electron chi connectivity index (χ0n) is 10.1. The maximum absolute atomic E-state index is 4.60. The molecular weight excluding hydrogens is 182 g/mol. The van der Waals surface area contributed by atoms with Gasteiger partial charge in [-0.25, -0.2) is 0 Å². The Kier molecular flexibility index (Phi) is 2.41. The number of fused-ring (bicyclic) bond motifs is 1. The highest BCUT2D eigenvalue weighted by atomic mass is 14.7. The lowest BCUT2D eigenvalue weighted by molar-refractivity contribution is 0.542. The molecule has 1 nitrogen and oxygen atoms in total. The Labute approximate surface area is 91.6 Å². The van der Waals surface area contributed by atoms with Gasteiger partial charge in [0.2, 0.25) is 0 Å². The molecule has 1 aromatic rings. The van der Waals surface area contributed by atoms with Crippen LogP contribution < -0.4 is 10.6 Å². The van der Waals surface area contributed by atoms with Gasteiger partial charge in [0.25, 0.3) is 0 Å². The lowest BCUT2D eigenvalue weighted by atomic mass is 9.81. The van der Waals surface area contributed by atoms with Gasteiger partial charge in [0.15, 0.2) is 0 Å². The van der Waals surface area contributed by atoms with Crippen LogP contribution in [0.4, 0.5) is 0 Å². The lowest BCUT2D eigenvalue weighted by Crippen LogP contribution is -2.36. The highest BCUT2D eigenvalue weighted by Crippen LogP contribution is 2.29. The molecule has 1 heterocycles. The van der Waals surface area contributed by atoms with E-state index >= 15 is 0 Å². The summed E-state index contributed by atoms with van der Waals surface area (Å²) in [6.07, 6.45) is 4.58. The Morgan fingerprint density at radius 1 is 1.20 bits per heavy atom. The van der Waals surface area contributed by atoms with Gasteiger partial charge in [-0.3, -0.25) is 4.98 Å². The van der Waals surface area contributed by atoms with Gasteiger partial charge >= 0.3 is 0 Å². The first-order valence-corrected chi connectivity index (χ1v) is 5.66. The van der Waals surface area contributed by atoms with Gasteiger partial charge in [0.05, 0.1) is 5.35 Å². The third kappa shape index (κ3) is 1.97. The van der Waals surface area contributed by atoms with E-state index in [2.05, 4.69) is 50.9 Å². The van der Waals surface area contributed by atoms with E-state index < -0.39 is 0 Å². The van der Waals surface area contributed by atoms with Crippen molar-refractivity contribution in [1.29, 1.82) is 0 Å². The van der Waals surface area contributed by atoms with E-state index in [1.165, 1.54) is 17.0 Å². The van der Waals surface area contributed by atoms with Crippen LogP contribution in [-0.4, -0.2) is 4.98 Å². The molecule has 0 unspecified atom stereocenters. The molecular formula is C14H19N. The van der Waals surface area contributed by atoms with Crippen LogP contribution >= 0.6 is 0 Å². The van der Waals surface area contributed by atoms with Crippen molar-refractivity contribution in [2.75, 3.05) is 0 Å². The molecule has 0 amide bonds. The zero-order chi connectivity index (χ0) is 11.1. The predicted molar refractivity (Wildman–Crippen MR) is 64.8 cm³/mol. The largest absolute Gasteiger partial charge is 0.253 e. The number of aromatic nitrogens is 1. The smallest absolute Gasteiger partial charge is 0.0665 e. The number of hydrogen-bond donors (Lipinski definition) is 0. The quantitative estimate of drug-likeness (QED) is 0.627. The third-order valence-electron chi connectivity index (χ3n) is 3.03. The first-order chi connectivity index (χ1) is 6.98. The second-order valence-corrected chi connectivity index (χ2v) is 5.36. The second-order valence-electron chi connectivity index (χ2n) is 5.36. The fraction of sp³-hybridized carbons (Fsp3) is 0.500. The summed E-state index contributed by atoms with van der Waals surface area (Å²) in [5.74, 6) is 0. The summed E-state index contributed by atoms with van der Waals surface area (Å²) in [5.41, 5.74) is 2.92. The third-order valence-corrected chi connectivity index (χ3v) is 3.03. The highest BCUT2D eigenvalue weighted by molar-refractivity contribution is 5.54. The second kappa shape index (κ2) is 3.48. The Morgan fingerprint density at radius 2 is 1.93 bits per heavy atom. The van der Waals surface area contributed by atoms with Crippen LogP contribution in [0.5, 0.6) is 0 Å². The van der Waals surface area contributed by atoms with E-state index in [4.69, 9.17) is 0 Å². The monoisotopic (exact) mass is 201 g/mol. The average Bonchev–Trinajstić information content (AvgIpc) is 2.15. The molecule has 0 N–H and O–H groups in total. The molecule has 0 saturated carbocycles. The minimum absolute atomic E-state index is 0.264. The predicted octanol–water partition coefficient (Wildman–Crippen LogP) is 2.16. The first-order valence-electron chi connectivity index (χ1n) is 5.66. The summed E-state index contributed by atoms with van der Waals surface area (Å²) < 4.78 is 0. The van der Waals surface area contributed by atoms with Crippen LogP contribution in [0, 0.1) is 12.3 Å². The molecule has 15 heavy (non-hydrogen) atoms. The molecule has 1 heteroatoms. The van der Waals surface area contributed by atoms with Crippen molar-refractivity contribution in [3.63, 3.8) is 0 Å². The summed E-state index contributed by atoms with van der Waals surface area (Å²) in [4.78, 5) is 4.60. The Balaban J connectivity index is 2.79. The number of hydrogen-bond acceptors (Lipinski definition) is 1. The van der Waals surface area contributed by atoms with Crippen molar-refractivity contribution < 1.29 is 0 Å². The van der Waals surface area contributed by atoms with Gasteiger partial charge in [-0.05, 0) is 36.5 Å². The topological polar surface area (TPSA) is 12.9 Å². The van der Waals surface area contributed by atoms with Gasteiger partial charge in [-0.1, -0.05) is 38.5 Å². The summed E-state index contributed by atoms with van der Waals surface area (Å²) in [7, 11) is 0. The minimum atomic E-state index is 0.264. The van der Waals surface area contributed by atoms with Crippen LogP contribution in [-0.2, 0) is 0 Å². The van der Waals surface area contributed by atoms with E-state index in [0.29, 0.717) is 0 Å². The standard InChI is InChI=1S/C14H19N/c1-10-8-9-11-12(14(2,3)4)6-5-7-13(11)15-10/h7-9H,5-6H2,1-4H3. The van der Waals surface area contributed by atoms with Gasteiger partial charge in [-0.15, -0.1) is 0 Å².